The van der Waals surface area contributed by atoms with Crippen molar-refractivity contribution in [3.05, 3.63) is 35.9 Å². The Balaban J connectivity index is 2.19. The first-order valence-electron chi connectivity index (χ1n) is 7.36. The van der Waals surface area contributed by atoms with Crippen LogP contribution in [0.4, 0.5) is 0 Å². The van der Waals surface area contributed by atoms with Gasteiger partial charge in [-0.05, 0) is 5.56 Å². The minimum Gasteiger partial charge on any atom is -0.477 e. The molecule has 1 amide bonds. The Hall–Kier alpha value is -2.05. The third kappa shape index (κ3) is 3.40. The SMILES string of the molecule is O=CCCC(=O)[N+]1(OCc2ccccc2)CCC[C@H]1C(=O)O. The number of quaternary nitrogens is 1. The van der Waals surface area contributed by atoms with Crippen molar-refractivity contribution in [1.82, 2.24) is 0 Å². The Morgan fingerprint density at radius 2 is 2.05 bits per heavy atom. The number of rotatable bonds is 7. The molecule has 0 spiro atoms. The number of hydrogen-bond acceptors (Lipinski definition) is 4. The summed E-state index contributed by atoms with van der Waals surface area (Å²) in [5.41, 5.74) is 0.874. The minimum absolute atomic E-state index is 0.00205. The molecule has 0 saturated carbocycles. The van der Waals surface area contributed by atoms with E-state index >= 15 is 0 Å². The van der Waals surface area contributed by atoms with E-state index in [1.165, 1.54) is 0 Å². The van der Waals surface area contributed by atoms with E-state index in [9.17, 15) is 19.5 Å². The van der Waals surface area contributed by atoms with E-state index in [2.05, 4.69) is 0 Å². The van der Waals surface area contributed by atoms with E-state index in [1.807, 2.05) is 30.3 Å². The summed E-state index contributed by atoms with van der Waals surface area (Å²) < 4.78 is -0.516. The molecule has 1 aromatic carbocycles. The van der Waals surface area contributed by atoms with Gasteiger partial charge in [0.25, 0.3) is 0 Å². The van der Waals surface area contributed by atoms with E-state index in [1.54, 1.807) is 0 Å². The molecule has 1 fully saturated rings. The van der Waals surface area contributed by atoms with Gasteiger partial charge in [0.1, 0.15) is 19.4 Å². The summed E-state index contributed by atoms with van der Waals surface area (Å²) in [5.74, 6) is -1.38. The number of aliphatic carboxylic acids is 1. The van der Waals surface area contributed by atoms with Crippen molar-refractivity contribution in [2.75, 3.05) is 6.54 Å². The van der Waals surface area contributed by atoms with Gasteiger partial charge in [-0.1, -0.05) is 30.3 Å². The first-order valence-corrected chi connectivity index (χ1v) is 7.36. The number of benzene rings is 1. The summed E-state index contributed by atoms with van der Waals surface area (Å²) in [6, 6.07) is 8.41. The quantitative estimate of drug-likeness (QED) is 0.612. The molecule has 1 saturated heterocycles. The van der Waals surface area contributed by atoms with Gasteiger partial charge in [-0.2, -0.15) is 4.84 Å². The molecule has 0 bridgehead atoms. The molecule has 1 heterocycles. The third-order valence-electron chi connectivity index (χ3n) is 3.96. The molecule has 2 rings (SSSR count). The second-order valence-electron chi connectivity index (χ2n) is 5.37. The van der Waals surface area contributed by atoms with Crippen molar-refractivity contribution in [3.8, 4) is 0 Å². The zero-order chi connectivity index (χ0) is 16.0. The smallest absolute Gasteiger partial charge is 0.366 e. The van der Waals surface area contributed by atoms with Crippen molar-refractivity contribution in [2.24, 2.45) is 0 Å². The molecule has 1 unspecified atom stereocenters. The molecule has 1 aromatic rings. The summed E-state index contributed by atoms with van der Waals surface area (Å²) in [5, 5.41) is 9.40. The van der Waals surface area contributed by atoms with E-state index in [-0.39, 0.29) is 25.4 Å². The number of carbonyl (C=O) groups excluding carboxylic acids is 2. The van der Waals surface area contributed by atoms with Crippen molar-refractivity contribution in [2.45, 2.75) is 38.3 Å². The number of amides is 1. The lowest BCUT2D eigenvalue weighted by Gasteiger charge is -2.32. The number of likely N-dealkylation sites (tertiary alicyclic amines) is 1. The zero-order valence-electron chi connectivity index (χ0n) is 12.3. The number of carboxylic acid groups (broad SMARTS) is 1. The Morgan fingerprint density at radius 3 is 2.68 bits per heavy atom. The van der Waals surface area contributed by atoms with Crippen LogP contribution >= 0.6 is 0 Å². The van der Waals surface area contributed by atoms with Crippen LogP contribution in [0.3, 0.4) is 0 Å². The largest absolute Gasteiger partial charge is 0.477 e. The van der Waals surface area contributed by atoms with Gasteiger partial charge in [0, 0.05) is 19.3 Å². The van der Waals surface area contributed by atoms with Crippen LogP contribution in [0.2, 0.25) is 0 Å². The number of hydrogen-bond donors (Lipinski definition) is 1. The first kappa shape index (κ1) is 16.3. The highest BCUT2D eigenvalue weighted by Crippen LogP contribution is 2.31. The molecule has 1 aliphatic heterocycles. The van der Waals surface area contributed by atoms with Crippen molar-refractivity contribution in [3.63, 3.8) is 0 Å². The van der Waals surface area contributed by atoms with Crippen molar-refractivity contribution < 1.29 is 29.0 Å². The van der Waals surface area contributed by atoms with Crippen LogP contribution < -0.4 is 0 Å². The van der Waals surface area contributed by atoms with Crippen molar-refractivity contribution >= 4 is 18.2 Å². The summed E-state index contributed by atoms with van der Waals surface area (Å²) in [4.78, 5) is 40.3. The number of nitrogens with zero attached hydrogens (tertiary/aromatic N) is 1. The van der Waals surface area contributed by atoms with Crippen LogP contribution in [-0.4, -0.2) is 40.5 Å². The van der Waals surface area contributed by atoms with Crippen LogP contribution in [0.5, 0.6) is 0 Å². The number of aldehydes is 1. The van der Waals surface area contributed by atoms with Gasteiger partial charge in [0.05, 0.1) is 6.42 Å². The molecule has 6 heteroatoms. The number of hydroxylamine groups is 3. The maximum atomic E-state index is 12.5. The lowest BCUT2D eigenvalue weighted by atomic mass is 10.2. The Labute approximate surface area is 128 Å². The second kappa shape index (κ2) is 7.29. The van der Waals surface area contributed by atoms with Gasteiger partial charge in [-0.25, -0.2) is 9.59 Å². The van der Waals surface area contributed by atoms with E-state index in [0.29, 0.717) is 25.7 Å². The van der Waals surface area contributed by atoms with Gasteiger partial charge >= 0.3 is 11.9 Å². The molecular formula is C16H20NO5+. The zero-order valence-corrected chi connectivity index (χ0v) is 12.3. The minimum atomic E-state index is -1.04. The number of carboxylic acids is 1. The second-order valence-corrected chi connectivity index (χ2v) is 5.37. The summed E-state index contributed by atoms with van der Waals surface area (Å²) in [7, 11) is 0. The number of carbonyl (C=O) groups is 3. The lowest BCUT2D eigenvalue weighted by Crippen LogP contribution is -2.58. The molecular weight excluding hydrogens is 286 g/mol. The lowest BCUT2D eigenvalue weighted by molar-refractivity contribution is -1.05. The standard InChI is InChI=1S/C16H19NO5/c18-11-5-9-15(19)17(10-4-8-14(17)16(20)21)22-12-13-6-2-1-3-7-13/h1-3,6-7,11,14H,4-5,8-10,12H2/p+1/t14-,17?/m0/s1. The van der Waals surface area contributed by atoms with Crippen LogP contribution in [-0.2, 0) is 25.8 Å². The molecule has 118 valence electrons. The normalized spacial score (nSPS) is 24.1. The molecule has 1 N–H and O–H groups in total. The van der Waals surface area contributed by atoms with Gasteiger partial charge < -0.3 is 9.90 Å². The molecule has 0 radical (unpaired) electrons. The van der Waals surface area contributed by atoms with E-state index < -0.39 is 16.7 Å². The molecule has 6 nitrogen and oxygen atoms in total. The van der Waals surface area contributed by atoms with E-state index in [4.69, 9.17) is 4.84 Å². The summed E-state index contributed by atoms with van der Waals surface area (Å²) in [6.07, 6.45) is 1.76. The topological polar surface area (TPSA) is 80.7 Å². The molecule has 0 aliphatic carbocycles. The molecule has 1 aliphatic rings. The highest BCUT2D eigenvalue weighted by atomic mass is 16.7. The van der Waals surface area contributed by atoms with Gasteiger partial charge in [-0.15, -0.1) is 4.65 Å². The van der Waals surface area contributed by atoms with Crippen LogP contribution in [0, 0.1) is 0 Å². The maximum Gasteiger partial charge on any atom is 0.366 e. The molecule has 0 aromatic heterocycles. The summed E-state index contributed by atoms with van der Waals surface area (Å²) >= 11 is 0. The van der Waals surface area contributed by atoms with Gasteiger partial charge in [0.2, 0.25) is 6.04 Å². The Bertz CT molecular complexity index is 545. The van der Waals surface area contributed by atoms with Gasteiger partial charge in [-0.3, -0.25) is 0 Å². The van der Waals surface area contributed by atoms with Gasteiger partial charge in [0.15, 0.2) is 0 Å². The monoisotopic (exact) mass is 306 g/mol. The highest BCUT2D eigenvalue weighted by molar-refractivity contribution is 5.78. The highest BCUT2D eigenvalue weighted by Gasteiger charge is 2.54. The first-order chi connectivity index (χ1) is 10.6. The molecule has 22 heavy (non-hydrogen) atoms. The van der Waals surface area contributed by atoms with Crippen LogP contribution in [0.25, 0.3) is 0 Å². The Morgan fingerprint density at radius 1 is 1.32 bits per heavy atom. The average Bonchev–Trinajstić information content (AvgIpc) is 2.97. The Kier molecular flexibility index (Phi) is 5.41. The van der Waals surface area contributed by atoms with E-state index in [0.717, 1.165) is 5.56 Å². The third-order valence-corrected chi connectivity index (χ3v) is 3.96. The summed E-state index contributed by atoms with van der Waals surface area (Å²) in [6.45, 7) is 0.499. The maximum absolute atomic E-state index is 12.5. The fourth-order valence-corrected chi connectivity index (χ4v) is 2.85. The van der Waals surface area contributed by atoms with Crippen LogP contribution in [0.15, 0.2) is 30.3 Å². The predicted octanol–water partition coefficient (Wildman–Crippen LogP) is 1.69. The van der Waals surface area contributed by atoms with Crippen LogP contribution in [0.1, 0.15) is 31.2 Å². The molecule has 2 atom stereocenters. The fourth-order valence-electron chi connectivity index (χ4n) is 2.85. The fraction of sp³-hybridized carbons (Fsp3) is 0.438. The predicted molar refractivity (Wildman–Crippen MR) is 77.3 cm³/mol. The average molecular weight is 306 g/mol. The van der Waals surface area contributed by atoms with Crippen molar-refractivity contribution in [1.29, 1.82) is 0 Å².